The summed E-state index contributed by atoms with van der Waals surface area (Å²) in [5.41, 5.74) is 10.5. The first kappa shape index (κ1) is 15.1. The molecular weight excluding hydrogens is 256 g/mol. The van der Waals surface area contributed by atoms with Crippen LogP contribution in [0.3, 0.4) is 0 Å². The summed E-state index contributed by atoms with van der Waals surface area (Å²) in [6, 6.07) is 7.72. The molecule has 21 heavy (non-hydrogen) atoms. The number of hydrogen-bond acceptors (Lipinski definition) is 2. The molecule has 0 aromatic heterocycles. The van der Waals surface area contributed by atoms with Crippen molar-refractivity contribution in [3.63, 3.8) is 0 Å². The van der Waals surface area contributed by atoms with Gasteiger partial charge in [0.05, 0.1) is 0 Å². The summed E-state index contributed by atoms with van der Waals surface area (Å²) >= 11 is 0. The lowest BCUT2D eigenvalue weighted by Crippen LogP contribution is -2.49. The van der Waals surface area contributed by atoms with Crippen LogP contribution >= 0.6 is 0 Å². The van der Waals surface area contributed by atoms with E-state index in [0.717, 1.165) is 18.5 Å². The van der Waals surface area contributed by atoms with Gasteiger partial charge in [-0.3, -0.25) is 4.90 Å². The molecular formula is C19H30N2. The number of rotatable bonds is 3. The summed E-state index contributed by atoms with van der Waals surface area (Å²) in [4.78, 5) is 2.70. The largest absolute Gasteiger partial charge is 0.323 e. The van der Waals surface area contributed by atoms with Crippen molar-refractivity contribution in [1.29, 1.82) is 0 Å². The van der Waals surface area contributed by atoms with Gasteiger partial charge < -0.3 is 5.73 Å². The van der Waals surface area contributed by atoms with Gasteiger partial charge in [0.2, 0.25) is 0 Å². The van der Waals surface area contributed by atoms with Gasteiger partial charge in [-0.2, -0.15) is 0 Å². The third-order valence-corrected chi connectivity index (χ3v) is 5.46. The molecule has 1 aliphatic heterocycles. The van der Waals surface area contributed by atoms with Crippen molar-refractivity contribution in [3.8, 4) is 0 Å². The second kappa shape index (κ2) is 6.50. The molecule has 1 saturated carbocycles. The Morgan fingerprint density at radius 3 is 2.48 bits per heavy atom. The molecule has 1 aliphatic carbocycles. The maximum Gasteiger partial charge on any atom is 0.0424 e. The Bertz CT molecular complexity index is 460. The molecule has 116 valence electrons. The highest BCUT2D eigenvalue weighted by molar-refractivity contribution is 5.30. The third kappa shape index (κ3) is 3.49. The molecule has 2 fully saturated rings. The van der Waals surface area contributed by atoms with Crippen LogP contribution < -0.4 is 5.73 Å². The molecule has 3 atom stereocenters. The smallest absolute Gasteiger partial charge is 0.0424 e. The monoisotopic (exact) mass is 286 g/mol. The van der Waals surface area contributed by atoms with Crippen molar-refractivity contribution in [2.45, 2.75) is 64.5 Å². The minimum Gasteiger partial charge on any atom is -0.323 e. The minimum absolute atomic E-state index is 0.157. The van der Waals surface area contributed by atoms with Crippen LogP contribution in [0.5, 0.6) is 0 Å². The molecule has 2 heteroatoms. The Balaban J connectivity index is 1.69. The summed E-state index contributed by atoms with van der Waals surface area (Å²) < 4.78 is 0. The van der Waals surface area contributed by atoms with Crippen molar-refractivity contribution >= 4 is 0 Å². The zero-order chi connectivity index (χ0) is 14.8. The lowest BCUT2D eigenvalue weighted by atomic mass is 9.78. The normalized spacial score (nSPS) is 28.1. The molecule has 1 unspecified atom stereocenters. The molecule has 1 aromatic carbocycles. The maximum atomic E-state index is 6.54. The van der Waals surface area contributed by atoms with Crippen molar-refractivity contribution in [2.24, 2.45) is 11.7 Å². The Labute approximate surface area is 129 Å². The fourth-order valence-electron chi connectivity index (χ4n) is 4.54. The number of nitrogens with two attached hydrogens (primary N) is 1. The molecule has 1 heterocycles. The van der Waals surface area contributed by atoms with Crippen molar-refractivity contribution in [1.82, 2.24) is 4.90 Å². The lowest BCUT2D eigenvalue weighted by molar-refractivity contribution is 0.0561. The van der Waals surface area contributed by atoms with E-state index >= 15 is 0 Å². The van der Waals surface area contributed by atoms with Crippen LogP contribution in [-0.2, 0) is 0 Å². The Morgan fingerprint density at radius 2 is 1.71 bits per heavy atom. The standard InChI is InChI=1S/C19H30N2/c1-14-10-15(2)12-17(11-14)18(20)13-21-9-5-7-16-6-3-4-8-19(16)21/h10-12,16,18-19H,3-9,13,20H2,1-2H3/t16-,18?,19-/m1/s1. The Kier molecular flexibility index (Phi) is 4.66. The maximum absolute atomic E-state index is 6.54. The van der Waals surface area contributed by atoms with E-state index in [1.165, 1.54) is 61.8 Å². The highest BCUT2D eigenvalue weighted by Gasteiger charge is 2.33. The van der Waals surface area contributed by atoms with Crippen LogP contribution in [0.25, 0.3) is 0 Å². The van der Waals surface area contributed by atoms with Gasteiger partial charge in [-0.25, -0.2) is 0 Å². The summed E-state index contributed by atoms with van der Waals surface area (Å²) in [5, 5.41) is 0. The van der Waals surface area contributed by atoms with Gasteiger partial charge in [0.15, 0.2) is 0 Å². The number of fused-ring (bicyclic) bond motifs is 1. The average molecular weight is 286 g/mol. The van der Waals surface area contributed by atoms with Crippen LogP contribution in [0.1, 0.15) is 61.3 Å². The molecule has 2 aliphatic rings. The second-order valence-corrected chi connectivity index (χ2v) is 7.28. The van der Waals surface area contributed by atoms with E-state index in [4.69, 9.17) is 5.73 Å². The average Bonchev–Trinajstić information content (AvgIpc) is 2.46. The molecule has 3 rings (SSSR count). The molecule has 0 bridgehead atoms. The number of likely N-dealkylation sites (tertiary alicyclic amines) is 1. The fourth-order valence-corrected chi connectivity index (χ4v) is 4.54. The topological polar surface area (TPSA) is 29.3 Å². The first-order valence-corrected chi connectivity index (χ1v) is 8.71. The van der Waals surface area contributed by atoms with Crippen molar-refractivity contribution < 1.29 is 0 Å². The van der Waals surface area contributed by atoms with Gasteiger partial charge >= 0.3 is 0 Å². The van der Waals surface area contributed by atoms with E-state index in [2.05, 4.69) is 36.9 Å². The first-order chi connectivity index (χ1) is 10.1. The van der Waals surface area contributed by atoms with E-state index in [1.807, 2.05) is 0 Å². The second-order valence-electron chi connectivity index (χ2n) is 7.28. The number of nitrogens with zero attached hydrogens (tertiary/aromatic N) is 1. The SMILES string of the molecule is Cc1cc(C)cc(C(N)CN2CCC[C@H]3CCCC[C@H]32)c1. The molecule has 0 radical (unpaired) electrons. The quantitative estimate of drug-likeness (QED) is 0.911. The summed E-state index contributed by atoms with van der Waals surface area (Å²) in [6.45, 7) is 6.62. The van der Waals surface area contributed by atoms with E-state index < -0.39 is 0 Å². The molecule has 1 saturated heterocycles. The molecule has 1 aromatic rings. The van der Waals surface area contributed by atoms with Crippen LogP contribution in [0.4, 0.5) is 0 Å². The van der Waals surface area contributed by atoms with Crippen LogP contribution in [0.2, 0.25) is 0 Å². The summed E-state index contributed by atoms with van der Waals surface area (Å²) in [6.07, 6.45) is 8.50. The predicted octanol–water partition coefficient (Wildman–Crippen LogP) is 3.96. The van der Waals surface area contributed by atoms with Gasteiger partial charge in [-0.1, -0.05) is 42.2 Å². The van der Waals surface area contributed by atoms with Crippen molar-refractivity contribution in [2.75, 3.05) is 13.1 Å². The van der Waals surface area contributed by atoms with Crippen LogP contribution in [0.15, 0.2) is 18.2 Å². The van der Waals surface area contributed by atoms with Gasteiger partial charge in [0.25, 0.3) is 0 Å². The van der Waals surface area contributed by atoms with Gasteiger partial charge in [0.1, 0.15) is 0 Å². The molecule has 2 nitrogen and oxygen atoms in total. The van der Waals surface area contributed by atoms with Gasteiger partial charge in [-0.05, 0) is 57.6 Å². The van der Waals surface area contributed by atoms with Gasteiger partial charge in [-0.15, -0.1) is 0 Å². The Hall–Kier alpha value is -0.860. The van der Waals surface area contributed by atoms with Gasteiger partial charge in [0, 0.05) is 18.6 Å². The molecule has 2 N–H and O–H groups in total. The minimum atomic E-state index is 0.157. The first-order valence-electron chi connectivity index (χ1n) is 8.71. The van der Waals surface area contributed by atoms with Crippen LogP contribution in [0, 0.1) is 19.8 Å². The van der Waals surface area contributed by atoms with Crippen molar-refractivity contribution in [3.05, 3.63) is 34.9 Å². The number of hydrogen-bond donors (Lipinski definition) is 1. The predicted molar refractivity (Wildman–Crippen MR) is 89.4 cm³/mol. The lowest BCUT2D eigenvalue weighted by Gasteiger charge is -2.45. The van der Waals surface area contributed by atoms with E-state index in [9.17, 15) is 0 Å². The zero-order valence-corrected chi connectivity index (χ0v) is 13.6. The van der Waals surface area contributed by atoms with Crippen LogP contribution in [-0.4, -0.2) is 24.0 Å². The highest BCUT2D eigenvalue weighted by Crippen LogP contribution is 2.35. The Morgan fingerprint density at radius 1 is 1.05 bits per heavy atom. The highest BCUT2D eigenvalue weighted by atomic mass is 15.2. The number of aryl methyl sites for hydroxylation is 2. The fraction of sp³-hybridized carbons (Fsp3) is 0.684. The molecule has 0 amide bonds. The number of piperidine rings is 1. The third-order valence-electron chi connectivity index (χ3n) is 5.46. The molecule has 0 spiro atoms. The number of benzene rings is 1. The zero-order valence-electron chi connectivity index (χ0n) is 13.6. The van der Waals surface area contributed by atoms with E-state index in [-0.39, 0.29) is 6.04 Å². The van der Waals surface area contributed by atoms with E-state index in [0.29, 0.717) is 0 Å². The summed E-state index contributed by atoms with van der Waals surface area (Å²) in [7, 11) is 0. The summed E-state index contributed by atoms with van der Waals surface area (Å²) in [5.74, 6) is 0.943. The van der Waals surface area contributed by atoms with E-state index in [1.54, 1.807) is 0 Å².